The molecular weight excluding hydrogens is 174 g/mol. The molecular formula is C4H7NO5S. The van der Waals surface area contributed by atoms with Crippen LogP contribution in [0, 0.1) is 0 Å². The van der Waals surface area contributed by atoms with Crippen molar-refractivity contribution in [2.24, 2.45) is 0 Å². The van der Waals surface area contributed by atoms with E-state index in [1.165, 1.54) is 6.39 Å². The van der Waals surface area contributed by atoms with Crippen LogP contribution in [0.4, 0.5) is 0 Å². The van der Waals surface area contributed by atoms with Gasteiger partial charge in [-0.1, -0.05) is 0 Å². The first-order chi connectivity index (χ1) is 5.06. The Morgan fingerprint density at radius 1 is 1.64 bits per heavy atom. The monoisotopic (exact) mass is 181 g/mol. The number of hydrogen-bond donors (Lipinski definition) is 0. The second kappa shape index (κ2) is 4.83. The second-order valence-corrected chi connectivity index (χ2v) is 2.45. The van der Waals surface area contributed by atoms with Gasteiger partial charge in [-0.05, 0) is 0 Å². The van der Waals surface area contributed by atoms with E-state index in [-0.39, 0.29) is 0 Å². The molecule has 64 valence electrons. The summed E-state index contributed by atoms with van der Waals surface area (Å²) in [5, 5.41) is 0. The Hall–Kier alpha value is -0.920. The van der Waals surface area contributed by atoms with Crippen LogP contribution in [0.25, 0.3) is 0 Å². The molecule has 0 bridgehead atoms. The molecule has 0 aliphatic carbocycles. The molecule has 1 rings (SSSR count). The number of oxazole rings is 1. The SMILES string of the molecule is COS(=O)(=O)[O-].c1coc[nH+]1. The average Bonchev–Trinajstić information content (AvgIpc) is 2.41. The minimum Gasteiger partial charge on any atom is -0.726 e. The molecule has 1 aromatic rings. The number of hydrogen-bond acceptors (Lipinski definition) is 5. The van der Waals surface area contributed by atoms with Gasteiger partial charge in [0.25, 0.3) is 0 Å². The highest BCUT2D eigenvalue weighted by Gasteiger charge is 1.79. The Labute approximate surface area is 63.8 Å². The fraction of sp³-hybridized carbons (Fsp3) is 0.250. The van der Waals surface area contributed by atoms with E-state index in [0.29, 0.717) is 0 Å². The summed E-state index contributed by atoms with van der Waals surface area (Å²) in [7, 11) is -3.60. The highest BCUT2D eigenvalue weighted by atomic mass is 32.3. The number of H-pyrrole nitrogens is 1. The van der Waals surface area contributed by atoms with Gasteiger partial charge in [-0.15, -0.1) is 0 Å². The van der Waals surface area contributed by atoms with E-state index < -0.39 is 10.4 Å². The molecule has 11 heavy (non-hydrogen) atoms. The third kappa shape index (κ3) is 9.08. The Kier molecular flexibility index (Phi) is 4.42. The summed E-state index contributed by atoms with van der Waals surface area (Å²) in [5.74, 6) is 0. The van der Waals surface area contributed by atoms with E-state index in [4.69, 9.17) is 0 Å². The van der Waals surface area contributed by atoms with E-state index in [1.54, 1.807) is 12.5 Å². The van der Waals surface area contributed by atoms with Crippen molar-refractivity contribution in [3.63, 3.8) is 0 Å². The molecule has 0 fully saturated rings. The summed E-state index contributed by atoms with van der Waals surface area (Å²) in [4.78, 5) is 2.69. The molecule has 6 nitrogen and oxygen atoms in total. The van der Waals surface area contributed by atoms with Gasteiger partial charge in [0.2, 0.25) is 16.6 Å². The van der Waals surface area contributed by atoms with E-state index >= 15 is 0 Å². The van der Waals surface area contributed by atoms with Crippen molar-refractivity contribution in [2.45, 2.75) is 0 Å². The summed E-state index contributed by atoms with van der Waals surface area (Å²) in [6.45, 7) is 0. The Morgan fingerprint density at radius 3 is 2.27 bits per heavy atom. The number of aromatic amines is 1. The molecule has 0 atom stereocenters. The van der Waals surface area contributed by atoms with Crippen molar-refractivity contribution in [3.8, 4) is 0 Å². The first-order valence-corrected chi connectivity index (χ1v) is 3.79. The van der Waals surface area contributed by atoms with Crippen molar-refractivity contribution in [1.82, 2.24) is 0 Å². The van der Waals surface area contributed by atoms with Crippen LogP contribution in [-0.4, -0.2) is 20.1 Å². The third-order valence-corrected chi connectivity index (χ3v) is 0.991. The molecule has 0 aliphatic rings. The van der Waals surface area contributed by atoms with Crippen LogP contribution in [-0.2, 0) is 14.6 Å². The smallest absolute Gasteiger partial charge is 0.332 e. The van der Waals surface area contributed by atoms with Crippen molar-refractivity contribution in [1.29, 1.82) is 0 Å². The van der Waals surface area contributed by atoms with E-state index in [2.05, 4.69) is 13.6 Å². The van der Waals surface area contributed by atoms with E-state index in [0.717, 1.165) is 7.11 Å². The zero-order valence-corrected chi connectivity index (χ0v) is 6.50. The predicted molar refractivity (Wildman–Crippen MR) is 32.0 cm³/mol. The zero-order chi connectivity index (χ0) is 8.74. The summed E-state index contributed by atoms with van der Waals surface area (Å²) >= 11 is 0. The predicted octanol–water partition coefficient (Wildman–Crippen LogP) is -0.813. The van der Waals surface area contributed by atoms with Gasteiger partial charge < -0.3 is 8.97 Å². The molecule has 1 heterocycles. The largest absolute Gasteiger partial charge is 0.726 e. The molecule has 7 heteroatoms. The standard InChI is InChI=1S/C3H3NO.CH4O4S/c1-2-5-3-4-1;1-5-6(2,3)4/h1-3H;1H3,(H,2,3,4). The first-order valence-electron chi connectivity index (χ1n) is 2.46. The maximum atomic E-state index is 9.22. The van der Waals surface area contributed by atoms with Crippen LogP contribution in [0.5, 0.6) is 0 Å². The van der Waals surface area contributed by atoms with Gasteiger partial charge in [-0.25, -0.2) is 8.42 Å². The second-order valence-electron chi connectivity index (χ2n) is 1.30. The lowest BCUT2D eigenvalue weighted by atomic mass is 11.0. The highest BCUT2D eigenvalue weighted by Crippen LogP contribution is 1.74. The average molecular weight is 181 g/mol. The molecule has 0 spiro atoms. The third-order valence-electron chi connectivity index (χ3n) is 0.583. The fourth-order valence-electron chi connectivity index (χ4n) is 0.196. The molecule has 1 aromatic heterocycles. The van der Waals surface area contributed by atoms with Crippen LogP contribution in [0.15, 0.2) is 23.3 Å². The quantitative estimate of drug-likeness (QED) is 0.417. The summed E-state index contributed by atoms with van der Waals surface area (Å²) in [5.41, 5.74) is 0. The van der Waals surface area contributed by atoms with Crippen molar-refractivity contribution in [3.05, 3.63) is 18.9 Å². The van der Waals surface area contributed by atoms with E-state index in [9.17, 15) is 13.0 Å². The van der Waals surface area contributed by atoms with Gasteiger partial charge in [0, 0.05) is 0 Å². The van der Waals surface area contributed by atoms with Crippen LogP contribution in [0.1, 0.15) is 0 Å². The summed E-state index contributed by atoms with van der Waals surface area (Å²) in [6.07, 6.45) is 4.78. The molecule has 0 unspecified atom stereocenters. The topological polar surface area (TPSA) is 93.7 Å². The normalized spacial score (nSPS) is 10.0. The van der Waals surface area contributed by atoms with Gasteiger partial charge in [0.05, 0.1) is 7.11 Å². The Bertz CT molecular complexity index is 235. The number of rotatable bonds is 1. The van der Waals surface area contributed by atoms with Crippen LogP contribution < -0.4 is 4.98 Å². The fourth-order valence-corrected chi connectivity index (χ4v) is 0.196. The van der Waals surface area contributed by atoms with E-state index in [1.807, 2.05) is 0 Å². The molecule has 0 saturated heterocycles. The lowest BCUT2D eigenvalue weighted by Crippen LogP contribution is -1.97. The van der Waals surface area contributed by atoms with Gasteiger partial charge in [0.1, 0.15) is 0 Å². The maximum Gasteiger partial charge on any atom is 0.332 e. The maximum absolute atomic E-state index is 9.22. The Balaban J connectivity index is 0.000000183. The van der Waals surface area contributed by atoms with Crippen molar-refractivity contribution in [2.75, 3.05) is 7.11 Å². The number of nitrogens with one attached hydrogen (secondary N) is 1. The lowest BCUT2D eigenvalue weighted by molar-refractivity contribution is -0.383. The van der Waals surface area contributed by atoms with Gasteiger partial charge in [-0.2, -0.15) is 4.98 Å². The molecule has 0 aliphatic heterocycles. The zero-order valence-electron chi connectivity index (χ0n) is 5.68. The molecule has 0 aromatic carbocycles. The Morgan fingerprint density at radius 2 is 2.18 bits per heavy atom. The minimum absolute atomic E-state index is 0.808. The number of aromatic nitrogens is 1. The van der Waals surface area contributed by atoms with Crippen molar-refractivity contribution < 1.29 is 26.6 Å². The summed E-state index contributed by atoms with van der Waals surface area (Å²) in [6, 6.07) is 0. The highest BCUT2D eigenvalue weighted by molar-refractivity contribution is 7.80. The van der Waals surface area contributed by atoms with Gasteiger partial charge >= 0.3 is 6.39 Å². The first kappa shape index (κ1) is 10.1. The van der Waals surface area contributed by atoms with Crippen LogP contribution in [0.2, 0.25) is 0 Å². The summed E-state index contributed by atoms with van der Waals surface area (Å²) < 4.78 is 35.5. The van der Waals surface area contributed by atoms with Crippen LogP contribution in [0.3, 0.4) is 0 Å². The molecule has 0 saturated carbocycles. The van der Waals surface area contributed by atoms with Gasteiger partial charge in [0.15, 0.2) is 6.26 Å². The minimum atomic E-state index is -4.41. The molecule has 0 amide bonds. The lowest BCUT2D eigenvalue weighted by Gasteiger charge is -1.98. The van der Waals surface area contributed by atoms with Gasteiger partial charge in [-0.3, -0.25) is 4.18 Å². The molecule has 0 radical (unpaired) electrons. The van der Waals surface area contributed by atoms with Crippen molar-refractivity contribution >= 4 is 10.4 Å². The molecule has 1 N–H and O–H groups in total. The van der Waals surface area contributed by atoms with Crippen LogP contribution >= 0.6 is 0 Å².